The largest absolute Gasteiger partial charge is 0.336 e. The Bertz CT molecular complexity index is 629. The van der Waals surface area contributed by atoms with Crippen LogP contribution < -0.4 is 0 Å². The van der Waals surface area contributed by atoms with Crippen LogP contribution in [0, 0.1) is 10.1 Å². The molecule has 2 heterocycles. The second-order valence-corrected chi connectivity index (χ2v) is 7.03. The molecule has 0 radical (unpaired) electrons. The van der Waals surface area contributed by atoms with E-state index in [4.69, 9.17) is 0 Å². The number of likely N-dealkylation sites (tertiary alicyclic amines) is 1. The van der Waals surface area contributed by atoms with Crippen molar-refractivity contribution in [3.63, 3.8) is 0 Å². The number of nitrogens with zero attached hydrogens (tertiary/aromatic N) is 4. The van der Waals surface area contributed by atoms with Crippen LogP contribution >= 0.6 is 0 Å². The van der Waals surface area contributed by atoms with Gasteiger partial charge in [-0.2, -0.15) is 0 Å². The highest BCUT2D eigenvalue weighted by Crippen LogP contribution is 2.18. The summed E-state index contributed by atoms with van der Waals surface area (Å²) in [6.45, 7) is 5.33. The van der Waals surface area contributed by atoms with E-state index < -0.39 is 4.92 Å². The highest BCUT2D eigenvalue weighted by Gasteiger charge is 2.26. The van der Waals surface area contributed by atoms with Crippen LogP contribution in [-0.2, 0) is 0 Å². The number of hydrogen-bond acceptors (Lipinski definition) is 5. The summed E-state index contributed by atoms with van der Waals surface area (Å²) in [6, 6.07) is 6.62. The Morgan fingerprint density at radius 1 is 1.20 bits per heavy atom. The summed E-state index contributed by atoms with van der Waals surface area (Å²) in [5.41, 5.74) is 0.361. The molecule has 0 bridgehead atoms. The van der Waals surface area contributed by atoms with Gasteiger partial charge in [-0.25, -0.2) is 0 Å². The van der Waals surface area contributed by atoms with Gasteiger partial charge in [0.1, 0.15) is 0 Å². The molecule has 3 rings (SSSR count). The molecule has 0 unspecified atom stereocenters. The van der Waals surface area contributed by atoms with Crippen LogP contribution in [0.15, 0.2) is 24.3 Å². The van der Waals surface area contributed by atoms with Gasteiger partial charge >= 0.3 is 0 Å². The molecule has 1 amide bonds. The zero-order valence-electron chi connectivity index (χ0n) is 14.8. The first kappa shape index (κ1) is 17.8. The molecule has 1 aromatic rings. The Balaban J connectivity index is 1.54. The second-order valence-electron chi connectivity index (χ2n) is 7.03. The first-order valence-corrected chi connectivity index (χ1v) is 9.01. The fourth-order valence-electron chi connectivity index (χ4n) is 3.74. The molecular formula is C18H26N4O3. The van der Waals surface area contributed by atoms with E-state index in [-0.39, 0.29) is 11.6 Å². The van der Waals surface area contributed by atoms with Crippen LogP contribution in [0.2, 0.25) is 0 Å². The monoisotopic (exact) mass is 346 g/mol. The maximum Gasteiger partial charge on any atom is 0.270 e. The minimum atomic E-state index is -0.463. The molecule has 7 heteroatoms. The third-order valence-electron chi connectivity index (χ3n) is 5.35. The van der Waals surface area contributed by atoms with E-state index in [1.165, 1.54) is 37.9 Å². The van der Waals surface area contributed by atoms with E-state index in [1.807, 2.05) is 0 Å². The Hall–Kier alpha value is -1.99. The smallest absolute Gasteiger partial charge is 0.270 e. The topological polar surface area (TPSA) is 69.9 Å². The maximum absolute atomic E-state index is 12.6. The second kappa shape index (κ2) is 7.93. The molecule has 2 aliphatic heterocycles. The summed E-state index contributed by atoms with van der Waals surface area (Å²) in [5, 5.41) is 10.9. The van der Waals surface area contributed by atoms with Gasteiger partial charge < -0.3 is 9.80 Å². The lowest BCUT2D eigenvalue weighted by atomic mass is 10.0. The average molecular weight is 346 g/mol. The number of amides is 1. The van der Waals surface area contributed by atoms with Crippen LogP contribution in [-0.4, -0.2) is 77.9 Å². The third kappa shape index (κ3) is 4.35. The number of nitro groups is 1. The van der Waals surface area contributed by atoms with Gasteiger partial charge in [-0.05, 0) is 32.5 Å². The first-order chi connectivity index (χ1) is 12.0. The van der Waals surface area contributed by atoms with Crippen molar-refractivity contribution in [3.05, 3.63) is 39.9 Å². The van der Waals surface area contributed by atoms with Gasteiger partial charge in [0.2, 0.25) is 0 Å². The van der Waals surface area contributed by atoms with E-state index in [0.717, 1.165) is 19.6 Å². The Morgan fingerprint density at radius 3 is 2.64 bits per heavy atom. The quantitative estimate of drug-likeness (QED) is 0.614. The summed E-state index contributed by atoms with van der Waals surface area (Å²) in [7, 11) is 2.20. The lowest BCUT2D eigenvalue weighted by molar-refractivity contribution is -0.384. The highest BCUT2D eigenvalue weighted by molar-refractivity contribution is 5.94. The zero-order valence-corrected chi connectivity index (χ0v) is 14.8. The predicted molar refractivity (Wildman–Crippen MR) is 95.7 cm³/mol. The lowest BCUT2D eigenvalue weighted by Gasteiger charge is -2.40. The molecule has 0 aromatic heterocycles. The molecule has 7 nitrogen and oxygen atoms in total. The molecule has 25 heavy (non-hydrogen) atoms. The molecule has 0 aliphatic carbocycles. The van der Waals surface area contributed by atoms with Gasteiger partial charge in [-0.1, -0.05) is 12.5 Å². The maximum atomic E-state index is 12.6. The Labute approximate surface area is 148 Å². The number of piperidine rings is 1. The minimum absolute atomic E-state index is 0.0372. The molecule has 136 valence electrons. The number of benzene rings is 1. The van der Waals surface area contributed by atoms with Crippen molar-refractivity contribution in [3.8, 4) is 0 Å². The van der Waals surface area contributed by atoms with Gasteiger partial charge in [0.25, 0.3) is 11.6 Å². The normalized spacial score (nSPS) is 22.8. The van der Waals surface area contributed by atoms with E-state index in [9.17, 15) is 14.9 Å². The summed E-state index contributed by atoms with van der Waals surface area (Å²) < 4.78 is 0. The van der Waals surface area contributed by atoms with E-state index in [1.54, 1.807) is 17.0 Å². The lowest BCUT2D eigenvalue weighted by Crippen LogP contribution is -2.53. The van der Waals surface area contributed by atoms with E-state index >= 15 is 0 Å². The van der Waals surface area contributed by atoms with Crippen molar-refractivity contribution in [1.82, 2.24) is 14.7 Å². The number of hydrogen-bond donors (Lipinski definition) is 0. The molecule has 2 aliphatic rings. The highest BCUT2D eigenvalue weighted by atomic mass is 16.6. The molecule has 1 aromatic carbocycles. The van der Waals surface area contributed by atoms with Gasteiger partial charge in [-0.15, -0.1) is 0 Å². The number of piperazine rings is 1. The van der Waals surface area contributed by atoms with Gasteiger partial charge in [0.05, 0.1) is 4.92 Å². The Kier molecular flexibility index (Phi) is 5.65. The van der Waals surface area contributed by atoms with Gasteiger partial charge in [-0.3, -0.25) is 19.8 Å². The molecule has 0 spiro atoms. The van der Waals surface area contributed by atoms with Crippen LogP contribution in [0.1, 0.15) is 29.6 Å². The van der Waals surface area contributed by atoms with Crippen molar-refractivity contribution in [2.75, 3.05) is 46.3 Å². The fourth-order valence-corrected chi connectivity index (χ4v) is 3.74. The molecular weight excluding hydrogens is 320 g/mol. The van der Waals surface area contributed by atoms with Crippen LogP contribution in [0.25, 0.3) is 0 Å². The summed E-state index contributed by atoms with van der Waals surface area (Å²) >= 11 is 0. The summed E-state index contributed by atoms with van der Waals surface area (Å²) in [5.74, 6) is -0.113. The van der Waals surface area contributed by atoms with Gasteiger partial charge in [0.15, 0.2) is 0 Å². The molecule has 2 saturated heterocycles. The minimum Gasteiger partial charge on any atom is -0.336 e. The Morgan fingerprint density at radius 2 is 1.96 bits per heavy atom. The number of likely N-dealkylation sites (N-methyl/N-ethyl adjacent to an activating group) is 1. The summed E-state index contributed by atoms with van der Waals surface area (Å²) in [4.78, 5) is 29.7. The third-order valence-corrected chi connectivity index (χ3v) is 5.35. The zero-order chi connectivity index (χ0) is 17.8. The predicted octanol–water partition coefficient (Wildman–Crippen LogP) is 1.84. The number of nitro benzene ring substituents is 1. The van der Waals surface area contributed by atoms with Gasteiger partial charge in [0, 0.05) is 56.5 Å². The molecule has 1 atom stereocenters. The number of carbonyl (C=O) groups excluding carboxylic acids is 1. The standard InChI is InChI=1S/C18H26N4O3/c1-19-8-3-2-6-17(19)14-20-9-11-21(12-10-20)18(23)15-5-4-7-16(13-15)22(24)25/h4-5,7,13,17H,2-3,6,8-12,14H2,1H3/t17-/m0/s1. The SMILES string of the molecule is CN1CCCC[C@H]1CN1CCN(C(=O)c2cccc([N+](=O)[O-])c2)CC1. The number of carbonyl (C=O) groups is 1. The van der Waals surface area contributed by atoms with Crippen molar-refractivity contribution < 1.29 is 9.72 Å². The van der Waals surface area contributed by atoms with Crippen molar-refractivity contribution in [2.45, 2.75) is 25.3 Å². The number of rotatable bonds is 4. The van der Waals surface area contributed by atoms with Crippen molar-refractivity contribution in [1.29, 1.82) is 0 Å². The number of non-ortho nitro benzene ring substituents is 1. The van der Waals surface area contributed by atoms with Crippen molar-refractivity contribution >= 4 is 11.6 Å². The average Bonchev–Trinajstić information content (AvgIpc) is 2.64. The molecule has 0 saturated carbocycles. The van der Waals surface area contributed by atoms with Crippen LogP contribution in [0.3, 0.4) is 0 Å². The fraction of sp³-hybridized carbons (Fsp3) is 0.611. The van der Waals surface area contributed by atoms with Crippen LogP contribution in [0.4, 0.5) is 5.69 Å². The van der Waals surface area contributed by atoms with Crippen molar-refractivity contribution in [2.24, 2.45) is 0 Å². The summed E-state index contributed by atoms with van der Waals surface area (Å²) in [6.07, 6.45) is 3.85. The van der Waals surface area contributed by atoms with E-state index in [2.05, 4.69) is 16.8 Å². The molecule has 0 N–H and O–H groups in total. The van der Waals surface area contributed by atoms with Crippen LogP contribution in [0.5, 0.6) is 0 Å². The van der Waals surface area contributed by atoms with E-state index in [0.29, 0.717) is 24.7 Å². The molecule has 2 fully saturated rings. The first-order valence-electron chi connectivity index (χ1n) is 9.01.